The smallest absolute Gasteiger partial charge is 0.342 e. The summed E-state index contributed by atoms with van der Waals surface area (Å²) in [7, 11) is 0. The van der Waals surface area contributed by atoms with Gasteiger partial charge in [0.15, 0.2) is 0 Å². The molecule has 0 amide bonds. The van der Waals surface area contributed by atoms with Crippen LogP contribution in [0.5, 0.6) is 0 Å². The molecule has 0 bridgehead atoms. The summed E-state index contributed by atoms with van der Waals surface area (Å²) in [6.07, 6.45) is -1.62. The molecule has 2 heterocycles. The predicted octanol–water partition coefficient (Wildman–Crippen LogP) is 3.52. The van der Waals surface area contributed by atoms with Crippen molar-refractivity contribution >= 4 is 23.9 Å². The van der Waals surface area contributed by atoms with Gasteiger partial charge in [0.05, 0.1) is 11.1 Å². The van der Waals surface area contributed by atoms with E-state index >= 15 is 0 Å². The third-order valence-electron chi connectivity index (χ3n) is 5.15. The maximum atomic E-state index is 12.5. The molecule has 0 radical (unpaired) electrons. The first-order valence-electron chi connectivity index (χ1n) is 9.97. The van der Waals surface area contributed by atoms with Crippen molar-refractivity contribution in [3.63, 3.8) is 0 Å². The zero-order chi connectivity index (χ0) is 22.1. The molecule has 0 saturated carbocycles. The molecular weight excluding hydrogens is 404 g/mol. The van der Waals surface area contributed by atoms with E-state index < -0.39 is 36.5 Å². The molecule has 0 N–H and O–H groups in total. The van der Waals surface area contributed by atoms with Gasteiger partial charge in [-0.25, -0.2) is 9.59 Å². The van der Waals surface area contributed by atoms with Crippen LogP contribution in [-0.2, 0) is 35.0 Å². The molecule has 2 unspecified atom stereocenters. The lowest BCUT2D eigenvalue weighted by molar-refractivity contribution is -0.168. The second-order valence-electron chi connectivity index (χ2n) is 7.10. The van der Waals surface area contributed by atoms with Crippen LogP contribution in [0.1, 0.15) is 82.2 Å². The van der Waals surface area contributed by atoms with Gasteiger partial charge in [-0.05, 0) is 17.5 Å². The van der Waals surface area contributed by atoms with Gasteiger partial charge in [-0.1, -0.05) is 50.2 Å². The Balaban J connectivity index is 1.67. The highest BCUT2D eigenvalue weighted by Gasteiger charge is 2.38. The van der Waals surface area contributed by atoms with Crippen molar-refractivity contribution in [2.24, 2.45) is 0 Å². The number of carbonyl (C=O) groups excluding carboxylic acids is 4. The summed E-state index contributed by atoms with van der Waals surface area (Å²) in [4.78, 5) is 48.3. The van der Waals surface area contributed by atoms with E-state index in [9.17, 15) is 19.2 Å². The molecule has 2 atom stereocenters. The molecule has 2 aromatic carbocycles. The van der Waals surface area contributed by atoms with Crippen LogP contribution < -0.4 is 0 Å². The Morgan fingerprint density at radius 1 is 0.774 bits per heavy atom. The average molecular weight is 424 g/mol. The minimum atomic E-state index is -1.08. The highest BCUT2D eigenvalue weighted by Crippen LogP contribution is 2.38. The minimum absolute atomic E-state index is 0.158. The Hall–Kier alpha value is -3.68. The maximum Gasteiger partial charge on any atom is 0.342 e. The first-order chi connectivity index (χ1) is 14.9. The molecule has 2 aliphatic rings. The molecule has 160 valence electrons. The summed E-state index contributed by atoms with van der Waals surface area (Å²) >= 11 is 0. The molecule has 8 heteroatoms. The van der Waals surface area contributed by atoms with Crippen LogP contribution in [0.15, 0.2) is 36.4 Å². The summed E-state index contributed by atoms with van der Waals surface area (Å²) in [5, 5.41) is 0. The van der Waals surface area contributed by atoms with Gasteiger partial charge in [-0.15, -0.1) is 0 Å². The number of hydrogen-bond acceptors (Lipinski definition) is 8. The van der Waals surface area contributed by atoms with Gasteiger partial charge >= 0.3 is 23.9 Å². The Bertz CT molecular complexity index is 1000. The monoisotopic (exact) mass is 424 g/mol. The van der Waals surface area contributed by atoms with Crippen molar-refractivity contribution in [2.75, 3.05) is 0 Å². The SMILES string of the molecule is CCC(=O)OC1OC(=O)c2c(Cc3cccc4c3C(=O)OC4OC(=O)CC)cccc21. The number of carbonyl (C=O) groups is 4. The highest BCUT2D eigenvalue weighted by molar-refractivity contribution is 5.97. The fourth-order valence-corrected chi connectivity index (χ4v) is 3.65. The van der Waals surface area contributed by atoms with E-state index in [1.54, 1.807) is 50.2 Å². The normalized spacial score (nSPS) is 18.6. The Kier molecular flexibility index (Phi) is 5.46. The maximum absolute atomic E-state index is 12.5. The average Bonchev–Trinajstić information content (AvgIpc) is 3.25. The van der Waals surface area contributed by atoms with E-state index in [1.807, 2.05) is 0 Å². The third-order valence-corrected chi connectivity index (χ3v) is 5.15. The number of cyclic esters (lactones) is 2. The van der Waals surface area contributed by atoms with E-state index in [-0.39, 0.29) is 19.3 Å². The van der Waals surface area contributed by atoms with Crippen molar-refractivity contribution in [1.29, 1.82) is 0 Å². The van der Waals surface area contributed by atoms with Gasteiger partial charge in [-0.2, -0.15) is 0 Å². The molecule has 4 rings (SSSR count). The minimum Gasteiger partial charge on any atom is -0.421 e. The molecule has 0 aliphatic carbocycles. The first kappa shape index (κ1) is 20.6. The zero-order valence-corrected chi connectivity index (χ0v) is 17.0. The number of esters is 4. The topological polar surface area (TPSA) is 105 Å². The van der Waals surface area contributed by atoms with Crippen LogP contribution in [0, 0.1) is 0 Å². The molecule has 0 saturated heterocycles. The number of rotatable bonds is 6. The fourth-order valence-electron chi connectivity index (χ4n) is 3.65. The second kappa shape index (κ2) is 8.22. The lowest BCUT2D eigenvalue weighted by Gasteiger charge is -2.12. The van der Waals surface area contributed by atoms with Gasteiger partial charge in [0.25, 0.3) is 12.6 Å². The third kappa shape index (κ3) is 3.76. The molecular formula is C23H20O8. The number of benzene rings is 2. The predicted molar refractivity (Wildman–Crippen MR) is 105 cm³/mol. The molecule has 0 spiro atoms. The Morgan fingerprint density at radius 3 is 1.58 bits per heavy atom. The van der Waals surface area contributed by atoms with Crippen molar-refractivity contribution in [3.05, 3.63) is 69.8 Å². The molecule has 0 fully saturated rings. The van der Waals surface area contributed by atoms with Crippen LogP contribution in [-0.4, -0.2) is 23.9 Å². The summed E-state index contributed by atoms with van der Waals surface area (Å²) in [6.45, 7) is 3.30. The van der Waals surface area contributed by atoms with E-state index in [0.717, 1.165) is 0 Å². The van der Waals surface area contributed by atoms with Crippen LogP contribution in [0.25, 0.3) is 0 Å². The van der Waals surface area contributed by atoms with E-state index in [0.29, 0.717) is 33.4 Å². The summed E-state index contributed by atoms with van der Waals surface area (Å²) in [6, 6.07) is 10.3. The quantitative estimate of drug-likeness (QED) is 0.649. The lowest BCUT2D eigenvalue weighted by atomic mass is 9.92. The van der Waals surface area contributed by atoms with Crippen molar-refractivity contribution in [2.45, 2.75) is 45.7 Å². The van der Waals surface area contributed by atoms with Crippen LogP contribution in [0.4, 0.5) is 0 Å². The fraction of sp³-hybridized carbons (Fsp3) is 0.304. The van der Waals surface area contributed by atoms with Crippen molar-refractivity contribution < 1.29 is 38.1 Å². The van der Waals surface area contributed by atoms with E-state index in [4.69, 9.17) is 18.9 Å². The largest absolute Gasteiger partial charge is 0.421 e. The van der Waals surface area contributed by atoms with E-state index in [2.05, 4.69) is 0 Å². The van der Waals surface area contributed by atoms with Gasteiger partial charge in [0.2, 0.25) is 0 Å². The summed E-state index contributed by atoms with van der Waals surface area (Å²) < 4.78 is 20.9. The van der Waals surface area contributed by atoms with Crippen LogP contribution in [0.3, 0.4) is 0 Å². The second-order valence-corrected chi connectivity index (χ2v) is 7.10. The van der Waals surface area contributed by atoms with Gasteiger partial charge in [0, 0.05) is 24.0 Å². The first-order valence-corrected chi connectivity index (χ1v) is 9.97. The molecule has 8 nitrogen and oxygen atoms in total. The Labute approximate surface area is 178 Å². The van der Waals surface area contributed by atoms with Gasteiger partial charge in [0.1, 0.15) is 0 Å². The molecule has 31 heavy (non-hydrogen) atoms. The van der Waals surface area contributed by atoms with Gasteiger partial charge in [-0.3, -0.25) is 9.59 Å². The standard InChI is InChI=1S/C23H20O8/c1-3-16(24)28-22-14-9-5-7-12(18(14)20(26)30-22)11-13-8-6-10-15-19(13)21(27)31-23(15)29-17(25)4-2/h5-10,22-23H,3-4,11H2,1-2H3. The Morgan fingerprint density at radius 2 is 1.19 bits per heavy atom. The number of hydrogen-bond donors (Lipinski definition) is 0. The molecule has 2 aliphatic heterocycles. The number of ether oxygens (including phenoxy) is 4. The van der Waals surface area contributed by atoms with Crippen molar-refractivity contribution in [1.82, 2.24) is 0 Å². The zero-order valence-electron chi connectivity index (χ0n) is 17.0. The van der Waals surface area contributed by atoms with Crippen LogP contribution in [0.2, 0.25) is 0 Å². The highest BCUT2D eigenvalue weighted by atomic mass is 16.7. The van der Waals surface area contributed by atoms with Crippen LogP contribution >= 0.6 is 0 Å². The molecule has 2 aromatic rings. The summed E-state index contributed by atoms with van der Waals surface area (Å²) in [5.41, 5.74) is 2.80. The lowest BCUT2D eigenvalue weighted by Crippen LogP contribution is -2.10. The van der Waals surface area contributed by atoms with Crippen molar-refractivity contribution in [3.8, 4) is 0 Å². The van der Waals surface area contributed by atoms with E-state index in [1.165, 1.54) is 0 Å². The summed E-state index contributed by atoms with van der Waals surface area (Å²) in [5.74, 6) is -2.14. The van der Waals surface area contributed by atoms with Gasteiger partial charge < -0.3 is 18.9 Å². The molecule has 0 aromatic heterocycles. The number of fused-ring (bicyclic) bond motifs is 2.